The van der Waals surface area contributed by atoms with Gasteiger partial charge in [-0.2, -0.15) is 0 Å². The number of thioether (sulfide) groups is 2. The second-order valence-corrected chi connectivity index (χ2v) is 18.7. The number of nitrogens with zero attached hydrogens (tertiary/aromatic N) is 5. The molecule has 0 radical (unpaired) electrons. The number of carbonyl (C=O) groups is 4. The zero-order valence-electron chi connectivity index (χ0n) is 41.9. The van der Waals surface area contributed by atoms with E-state index < -0.39 is 40.7 Å². The molecule has 4 aromatic carbocycles. The van der Waals surface area contributed by atoms with E-state index in [-0.39, 0.29) is 18.2 Å². The van der Waals surface area contributed by atoms with Crippen molar-refractivity contribution in [2.24, 2.45) is 0 Å². The normalized spacial score (nSPS) is 10.9. The summed E-state index contributed by atoms with van der Waals surface area (Å²) < 4.78 is 53.2. The maximum Gasteiger partial charge on any atom is 0.412 e. The van der Waals surface area contributed by atoms with Crippen LogP contribution in [0.1, 0.15) is 58.8 Å². The van der Waals surface area contributed by atoms with Gasteiger partial charge in [0.05, 0.1) is 17.9 Å². The fourth-order valence-electron chi connectivity index (χ4n) is 6.01. The molecule has 0 saturated carbocycles. The third-order valence-electron chi connectivity index (χ3n) is 9.01. The molecule has 3 aromatic heterocycles. The lowest BCUT2D eigenvalue weighted by Gasteiger charge is -2.20. The molecule has 0 aliphatic carbocycles. The summed E-state index contributed by atoms with van der Waals surface area (Å²) in [5.74, 6) is -0.0272. The number of esters is 1. The highest BCUT2D eigenvalue weighted by atomic mass is 32.2. The van der Waals surface area contributed by atoms with E-state index in [4.69, 9.17) is 18.9 Å². The summed E-state index contributed by atoms with van der Waals surface area (Å²) in [5, 5.41) is 10.0. The first kappa shape index (κ1) is 56.8. The third-order valence-corrected chi connectivity index (χ3v) is 10.1. The number of halogens is 2. The molecular weight excluding hydrogens is 999 g/mol. The van der Waals surface area contributed by atoms with E-state index in [0.717, 1.165) is 0 Å². The lowest BCUT2D eigenvalue weighted by atomic mass is 10.2. The molecule has 0 aliphatic rings. The van der Waals surface area contributed by atoms with E-state index in [1.54, 1.807) is 109 Å². The highest BCUT2D eigenvalue weighted by Gasteiger charge is 2.20. The van der Waals surface area contributed by atoms with Gasteiger partial charge in [-0.3, -0.25) is 24.8 Å². The van der Waals surface area contributed by atoms with Crippen molar-refractivity contribution in [2.45, 2.75) is 70.0 Å². The van der Waals surface area contributed by atoms with Crippen LogP contribution in [0.5, 0.6) is 17.2 Å². The van der Waals surface area contributed by atoms with Crippen LogP contribution in [0.15, 0.2) is 131 Å². The number of anilines is 4. The Morgan fingerprint density at radius 1 is 0.703 bits per heavy atom. The van der Waals surface area contributed by atoms with Crippen LogP contribution in [0, 0.1) is 11.6 Å². The summed E-state index contributed by atoms with van der Waals surface area (Å²) in [6.07, 6.45) is 6.29. The Hall–Kier alpha value is -8.11. The predicted molar refractivity (Wildman–Crippen MR) is 281 cm³/mol. The lowest BCUT2D eigenvalue weighted by molar-refractivity contribution is -0.145. The molecule has 0 aliphatic heterocycles. The Bertz CT molecular complexity index is 3120. The second-order valence-electron chi connectivity index (χ2n) is 17.2. The van der Waals surface area contributed by atoms with Gasteiger partial charge in [0.25, 0.3) is 5.56 Å². The van der Waals surface area contributed by atoms with Gasteiger partial charge in [0, 0.05) is 34.8 Å². The summed E-state index contributed by atoms with van der Waals surface area (Å²) in [6, 6.07) is 26.1. The van der Waals surface area contributed by atoms with E-state index in [1.807, 2.05) is 12.5 Å². The van der Waals surface area contributed by atoms with Crippen molar-refractivity contribution < 1.29 is 51.6 Å². The molecule has 22 heteroatoms. The largest absolute Gasteiger partial charge is 0.482 e. The number of aldehydes is 1. The Morgan fingerprint density at radius 3 is 1.81 bits per heavy atom. The maximum absolute atomic E-state index is 13.6. The van der Waals surface area contributed by atoms with Crippen molar-refractivity contribution in [2.75, 3.05) is 41.7 Å². The zero-order valence-corrected chi connectivity index (χ0v) is 43.5. The topological polar surface area (TPSA) is 224 Å². The molecule has 0 unspecified atom stereocenters. The van der Waals surface area contributed by atoms with Crippen molar-refractivity contribution in [1.82, 2.24) is 24.5 Å². The van der Waals surface area contributed by atoms with Crippen LogP contribution in [0.4, 0.5) is 41.2 Å². The smallest absolute Gasteiger partial charge is 0.412 e. The summed E-state index contributed by atoms with van der Waals surface area (Å²) in [4.78, 5) is 76.9. The quantitative estimate of drug-likeness (QED) is 0.0303. The van der Waals surface area contributed by atoms with Crippen LogP contribution in [0.25, 0.3) is 16.7 Å². The number of carbonyl (C=O) groups excluding carboxylic acids is 4. The first-order chi connectivity index (χ1) is 35.1. The number of amides is 2. The number of benzene rings is 4. The van der Waals surface area contributed by atoms with E-state index >= 15 is 0 Å². The van der Waals surface area contributed by atoms with Gasteiger partial charge in [-0.1, -0.05) is 35.7 Å². The fourth-order valence-corrected chi connectivity index (χ4v) is 6.69. The number of aromatic nitrogens is 5. The van der Waals surface area contributed by atoms with Gasteiger partial charge < -0.3 is 29.0 Å². The molecule has 3 N–H and O–H groups in total. The van der Waals surface area contributed by atoms with E-state index in [2.05, 4.69) is 40.6 Å². The van der Waals surface area contributed by atoms with Crippen LogP contribution in [-0.4, -0.2) is 85.9 Å². The highest BCUT2D eigenvalue weighted by molar-refractivity contribution is 7.98. The van der Waals surface area contributed by atoms with Crippen molar-refractivity contribution in [3.8, 4) is 22.9 Å². The molecule has 7 rings (SSSR count). The summed E-state index contributed by atoms with van der Waals surface area (Å²) in [7, 11) is 0. The summed E-state index contributed by atoms with van der Waals surface area (Å²) in [5.41, 5.74) is 1.11. The Kier molecular flexibility index (Phi) is 20.4. The van der Waals surface area contributed by atoms with E-state index in [0.29, 0.717) is 79.9 Å². The predicted octanol–water partition coefficient (Wildman–Crippen LogP) is 11.7. The molecule has 0 saturated heterocycles. The molecular formula is C52H54F2N8O10S2. The minimum Gasteiger partial charge on any atom is -0.482 e. The molecule has 0 fully saturated rings. The van der Waals surface area contributed by atoms with Gasteiger partial charge in [0.1, 0.15) is 40.2 Å². The van der Waals surface area contributed by atoms with Gasteiger partial charge >= 0.3 is 18.2 Å². The average molecular weight is 1050 g/mol. The molecule has 0 spiro atoms. The number of ether oxygens (including phenoxy) is 5. The molecule has 7 aromatic rings. The van der Waals surface area contributed by atoms with Crippen molar-refractivity contribution in [1.29, 1.82) is 0 Å². The van der Waals surface area contributed by atoms with Crippen LogP contribution in [0.3, 0.4) is 0 Å². The summed E-state index contributed by atoms with van der Waals surface area (Å²) in [6.45, 7) is 12.6. The van der Waals surface area contributed by atoms with Crippen LogP contribution >= 0.6 is 23.5 Å². The lowest BCUT2D eigenvalue weighted by Crippen LogP contribution is -2.27. The first-order valence-corrected chi connectivity index (χ1v) is 24.9. The molecule has 0 atom stereocenters. The fraction of sp³-hybridized carbons (Fsp3) is 0.250. The Balaban J connectivity index is 0.000000226. The highest BCUT2D eigenvalue weighted by Crippen LogP contribution is 2.27. The molecule has 0 bridgehead atoms. The Labute approximate surface area is 434 Å². The zero-order chi connectivity index (χ0) is 54.0. The van der Waals surface area contributed by atoms with Crippen molar-refractivity contribution in [3.05, 3.63) is 143 Å². The molecule has 18 nitrogen and oxygen atoms in total. The maximum atomic E-state index is 13.6. The van der Waals surface area contributed by atoms with Crippen LogP contribution < -0.4 is 31.0 Å². The molecule has 2 amide bonds. The number of rotatable bonds is 14. The van der Waals surface area contributed by atoms with Crippen molar-refractivity contribution in [3.63, 3.8) is 0 Å². The SMILES string of the molecule is CCOC(=O)COc1ccc(F)cc1.CSc1ncc(C=O)c(Nc2cccc(NC(=O)OC(C)(C)C)c2)n1.CSc1ncc2cc(Oc3ccc(F)cc3)c(=O)n(-c3cccc(NC(=O)OC(C)(C)C)c3)c2n1. The second kappa shape index (κ2) is 26.5. The van der Waals surface area contributed by atoms with Gasteiger partial charge in [-0.15, -0.1) is 0 Å². The molecule has 388 valence electrons. The van der Waals surface area contributed by atoms with Gasteiger partial charge in [-0.05, 0) is 152 Å². The van der Waals surface area contributed by atoms with E-state index in [9.17, 15) is 32.8 Å². The van der Waals surface area contributed by atoms with Crippen LogP contribution in [0.2, 0.25) is 0 Å². The molecule has 74 heavy (non-hydrogen) atoms. The minimum atomic E-state index is -0.661. The minimum absolute atomic E-state index is 0.00937. The number of pyridine rings is 1. The monoisotopic (exact) mass is 1050 g/mol. The first-order valence-electron chi connectivity index (χ1n) is 22.4. The average Bonchev–Trinajstić information content (AvgIpc) is 3.34. The van der Waals surface area contributed by atoms with Gasteiger partial charge in [0.2, 0.25) is 0 Å². The Morgan fingerprint density at radius 2 is 1.24 bits per heavy atom. The van der Waals surface area contributed by atoms with Crippen molar-refractivity contribution >= 4 is 81.9 Å². The molecule has 3 heterocycles. The number of hydrogen-bond acceptors (Lipinski definition) is 17. The number of nitrogens with one attached hydrogen (secondary N) is 3. The number of hydrogen-bond donors (Lipinski definition) is 3. The summed E-state index contributed by atoms with van der Waals surface area (Å²) >= 11 is 2.72. The van der Waals surface area contributed by atoms with E-state index in [1.165, 1.54) is 82.8 Å². The third kappa shape index (κ3) is 18.2. The van der Waals surface area contributed by atoms with Gasteiger partial charge in [-0.25, -0.2) is 43.1 Å². The van der Waals surface area contributed by atoms with Crippen LogP contribution in [-0.2, 0) is 19.0 Å². The van der Waals surface area contributed by atoms with Gasteiger partial charge in [0.15, 0.2) is 34.6 Å². The number of fused-ring (bicyclic) bond motifs is 1. The standard InChI is InChI=1S/C25H23FN4O4S.C17H20N4O3S.C10H11FO3/c1-25(2,3)34-24(32)28-17-6-5-7-18(13-17)30-21-15(14-27-23(29-21)35-4)12-20(22(30)31)33-19-10-8-16(26)9-11-19;1-17(2,3)24-16(23)20-13-7-5-6-12(8-13)19-14-11(10-22)9-18-15(21-14)25-4;1-2-13-10(12)7-14-9-5-3-8(11)4-6-9/h5-14H,1-4H3,(H,28,32);5-10H,1-4H3,(H,20,23)(H,18,19,21);3-6H,2,7H2,1H3.